The molecule has 4 rings (SSSR count). The lowest BCUT2D eigenvalue weighted by Gasteiger charge is -2.38. The molecule has 1 saturated heterocycles. The van der Waals surface area contributed by atoms with Gasteiger partial charge in [-0.05, 0) is 24.6 Å². The van der Waals surface area contributed by atoms with Crippen LogP contribution in [0.25, 0.3) is 0 Å². The smallest absolute Gasteiger partial charge is 0.174 e. The maximum absolute atomic E-state index is 12.8. The van der Waals surface area contributed by atoms with Gasteiger partial charge in [-0.3, -0.25) is 4.79 Å². The summed E-state index contributed by atoms with van der Waals surface area (Å²) < 4.78 is 11.7. The summed E-state index contributed by atoms with van der Waals surface area (Å²) in [5, 5.41) is 50.6. The first-order valence-corrected chi connectivity index (χ1v) is 9.35. The van der Waals surface area contributed by atoms with Crippen LogP contribution in [0.1, 0.15) is 53.5 Å². The van der Waals surface area contributed by atoms with E-state index in [1.807, 2.05) is 0 Å². The Hall–Kier alpha value is -2.81. The summed E-state index contributed by atoms with van der Waals surface area (Å²) in [4.78, 5) is 12.8. The number of benzene rings is 2. The third kappa shape index (κ3) is 3.39. The lowest BCUT2D eigenvalue weighted by molar-refractivity contribution is -0.165. The molecular weight excluding hydrogens is 380 g/mol. The Balaban J connectivity index is 1.80. The lowest BCUT2D eigenvalue weighted by Crippen LogP contribution is -2.41. The number of carbonyl (C=O) groups excluding carboxylic acids is 1. The van der Waals surface area contributed by atoms with Crippen molar-refractivity contribution in [3.63, 3.8) is 0 Å². The van der Waals surface area contributed by atoms with Crippen LogP contribution in [0, 0.1) is 0 Å². The van der Waals surface area contributed by atoms with E-state index in [1.165, 1.54) is 12.1 Å². The van der Waals surface area contributed by atoms with Gasteiger partial charge in [-0.25, -0.2) is 0 Å². The number of rotatable bonds is 2. The van der Waals surface area contributed by atoms with E-state index in [0.717, 1.165) is 6.07 Å². The molecule has 8 heteroatoms. The first kappa shape index (κ1) is 19.5. The van der Waals surface area contributed by atoms with Crippen LogP contribution in [0.4, 0.5) is 0 Å². The van der Waals surface area contributed by atoms with Crippen molar-refractivity contribution in [3.8, 4) is 23.0 Å². The van der Waals surface area contributed by atoms with E-state index in [9.17, 15) is 30.3 Å². The average Bonchev–Trinajstić information content (AvgIpc) is 2.65. The molecule has 3 unspecified atom stereocenters. The highest BCUT2D eigenvalue weighted by Gasteiger charge is 2.42. The molecule has 2 aromatic carbocycles. The third-order valence-corrected chi connectivity index (χ3v) is 5.47. The van der Waals surface area contributed by atoms with Gasteiger partial charge in [0.15, 0.2) is 5.78 Å². The Morgan fingerprint density at radius 3 is 2.38 bits per heavy atom. The number of ether oxygens (including phenoxy) is 2. The molecule has 8 nitrogen and oxygen atoms in total. The van der Waals surface area contributed by atoms with Crippen LogP contribution in [0.15, 0.2) is 30.3 Å². The van der Waals surface area contributed by atoms with Crippen LogP contribution < -0.4 is 4.74 Å². The molecule has 0 aliphatic carbocycles. The number of hydrogen-bond donors (Lipinski definition) is 5. The lowest BCUT2D eigenvalue weighted by atomic mass is 9.88. The maximum atomic E-state index is 12.8. The summed E-state index contributed by atoms with van der Waals surface area (Å²) in [7, 11) is 0. The van der Waals surface area contributed by atoms with Gasteiger partial charge in [0.25, 0.3) is 0 Å². The molecule has 0 radical (unpaired) electrons. The minimum atomic E-state index is -1.14. The van der Waals surface area contributed by atoms with Crippen molar-refractivity contribution >= 4 is 5.78 Å². The molecule has 29 heavy (non-hydrogen) atoms. The van der Waals surface area contributed by atoms with E-state index in [-0.39, 0.29) is 47.0 Å². The molecule has 0 spiro atoms. The highest BCUT2D eigenvalue weighted by Crippen LogP contribution is 2.50. The van der Waals surface area contributed by atoms with E-state index in [4.69, 9.17) is 9.47 Å². The zero-order valence-corrected chi connectivity index (χ0v) is 15.6. The van der Waals surface area contributed by atoms with E-state index >= 15 is 0 Å². The first-order valence-electron chi connectivity index (χ1n) is 9.35. The van der Waals surface area contributed by atoms with Crippen molar-refractivity contribution in [1.82, 2.24) is 0 Å². The zero-order valence-electron chi connectivity index (χ0n) is 15.6. The van der Waals surface area contributed by atoms with Gasteiger partial charge in [0.1, 0.15) is 40.8 Å². The minimum absolute atomic E-state index is 0.0241. The predicted molar refractivity (Wildman–Crippen MR) is 100 cm³/mol. The summed E-state index contributed by atoms with van der Waals surface area (Å²) in [5.74, 6) is -1.17. The van der Waals surface area contributed by atoms with E-state index in [1.54, 1.807) is 19.1 Å². The van der Waals surface area contributed by atoms with Gasteiger partial charge in [-0.2, -0.15) is 0 Å². The van der Waals surface area contributed by atoms with Crippen molar-refractivity contribution in [3.05, 3.63) is 47.0 Å². The number of Topliss-reactive ketones (excluding diaryl/α,β-unsaturated/α-hetero) is 1. The summed E-state index contributed by atoms with van der Waals surface area (Å²) in [6, 6.07) is 7.20. The maximum Gasteiger partial charge on any atom is 0.174 e. The van der Waals surface area contributed by atoms with Gasteiger partial charge in [-0.15, -0.1) is 0 Å². The van der Waals surface area contributed by atoms with Crippen molar-refractivity contribution in [2.75, 3.05) is 0 Å². The second-order valence-electron chi connectivity index (χ2n) is 7.49. The Morgan fingerprint density at radius 2 is 1.69 bits per heavy atom. The molecule has 154 valence electrons. The van der Waals surface area contributed by atoms with E-state index in [0.29, 0.717) is 5.56 Å². The number of hydrogen-bond acceptors (Lipinski definition) is 8. The zero-order chi connectivity index (χ0) is 20.9. The average molecular weight is 402 g/mol. The third-order valence-electron chi connectivity index (χ3n) is 5.47. The second kappa shape index (κ2) is 7.22. The molecule has 0 saturated carbocycles. The molecule has 2 aliphatic rings. The Kier molecular flexibility index (Phi) is 4.85. The van der Waals surface area contributed by atoms with Crippen LogP contribution in [-0.4, -0.2) is 49.6 Å². The molecule has 0 bridgehead atoms. The molecule has 1 fully saturated rings. The van der Waals surface area contributed by atoms with Gasteiger partial charge in [-0.1, -0.05) is 12.1 Å². The number of phenolic OH excluding ortho intramolecular Hbond substituents is 3. The fourth-order valence-corrected chi connectivity index (χ4v) is 3.88. The van der Waals surface area contributed by atoms with Crippen LogP contribution in [0.2, 0.25) is 0 Å². The highest BCUT2D eigenvalue weighted by molar-refractivity contribution is 6.03. The number of phenols is 3. The fourth-order valence-electron chi connectivity index (χ4n) is 3.88. The number of aromatic hydroxyl groups is 3. The molecule has 5 atom stereocenters. The van der Waals surface area contributed by atoms with Crippen LogP contribution in [0.3, 0.4) is 0 Å². The van der Waals surface area contributed by atoms with Gasteiger partial charge < -0.3 is 35.0 Å². The largest absolute Gasteiger partial charge is 0.508 e. The summed E-state index contributed by atoms with van der Waals surface area (Å²) in [6.07, 6.45) is -4.40. The Bertz CT molecular complexity index is 939. The van der Waals surface area contributed by atoms with Crippen molar-refractivity contribution in [1.29, 1.82) is 0 Å². The quantitative estimate of drug-likeness (QED) is 0.515. The molecule has 5 N–H and O–H groups in total. The fraction of sp³-hybridized carbons (Fsp3) is 0.381. The predicted octanol–water partition coefficient (Wildman–Crippen LogP) is 2.08. The number of aliphatic hydroxyl groups excluding tert-OH is 2. The van der Waals surface area contributed by atoms with Crippen molar-refractivity contribution in [2.45, 2.75) is 50.3 Å². The first-order chi connectivity index (χ1) is 13.8. The summed E-state index contributed by atoms with van der Waals surface area (Å²) in [5.41, 5.74) is 0.604. The number of aliphatic hydroxyl groups is 2. The van der Waals surface area contributed by atoms with E-state index in [2.05, 4.69) is 0 Å². The Labute approximate surface area is 166 Å². The van der Waals surface area contributed by atoms with Crippen molar-refractivity contribution in [2.24, 2.45) is 0 Å². The monoisotopic (exact) mass is 402 g/mol. The second-order valence-corrected chi connectivity index (χ2v) is 7.49. The number of ketones is 1. The minimum Gasteiger partial charge on any atom is -0.508 e. The molecule has 2 heterocycles. The number of fused-ring (bicyclic) bond motifs is 1. The highest BCUT2D eigenvalue weighted by atomic mass is 16.5. The Morgan fingerprint density at radius 1 is 1.00 bits per heavy atom. The van der Waals surface area contributed by atoms with Gasteiger partial charge in [0.05, 0.1) is 30.3 Å². The molecule has 0 aromatic heterocycles. The SMILES string of the molecule is C[C@@H]1OC(c2c(O)cc(O)c3c2OC(c2ccc(O)cc2)CC3=O)[C@H](O)CC1O. The summed E-state index contributed by atoms with van der Waals surface area (Å²) >= 11 is 0. The van der Waals surface area contributed by atoms with Gasteiger partial charge in [0.2, 0.25) is 0 Å². The van der Waals surface area contributed by atoms with Crippen molar-refractivity contribution < 1.29 is 39.8 Å². The van der Waals surface area contributed by atoms with E-state index < -0.39 is 36.3 Å². The topological polar surface area (TPSA) is 137 Å². The summed E-state index contributed by atoms with van der Waals surface area (Å²) in [6.45, 7) is 1.64. The molecule has 2 aliphatic heterocycles. The molecular formula is C21H22O8. The normalized spacial score (nSPS) is 29.2. The van der Waals surface area contributed by atoms with Crippen LogP contribution in [-0.2, 0) is 4.74 Å². The molecule has 0 amide bonds. The van der Waals surface area contributed by atoms with Crippen LogP contribution >= 0.6 is 0 Å². The number of carbonyl (C=O) groups is 1. The van der Waals surface area contributed by atoms with Gasteiger partial charge >= 0.3 is 0 Å². The van der Waals surface area contributed by atoms with Crippen LogP contribution in [0.5, 0.6) is 23.0 Å². The standard InChI is InChI=1S/C21H22O8/c1-9-12(23)6-16(27)20(28-9)19-14(25)7-13(24)18-15(26)8-17(29-21(18)19)10-2-4-11(22)5-3-10/h2-5,7,9,12,16-17,20,22-25,27H,6,8H2,1H3/t9-,12?,16+,17?,20?/m0/s1. The molecule has 2 aromatic rings. The van der Waals surface area contributed by atoms with Gasteiger partial charge in [0, 0.05) is 12.5 Å².